The highest BCUT2D eigenvalue weighted by Gasteiger charge is 2.40. The van der Waals surface area contributed by atoms with Crippen molar-refractivity contribution in [3.63, 3.8) is 0 Å². The summed E-state index contributed by atoms with van der Waals surface area (Å²) in [6.45, 7) is 11.7. The van der Waals surface area contributed by atoms with Crippen LogP contribution in [0.5, 0.6) is 0 Å². The molecule has 1 unspecified atom stereocenters. The Kier molecular flexibility index (Phi) is 11.9. The molecule has 1 atom stereocenters. The molecule has 2 fully saturated rings. The average molecular weight is 591 g/mol. The molecule has 0 saturated carbocycles. The summed E-state index contributed by atoms with van der Waals surface area (Å²) in [4.78, 5) is 47.9. The topological polar surface area (TPSA) is 182 Å². The van der Waals surface area contributed by atoms with Crippen LogP contribution >= 0.6 is 0 Å². The minimum absolute atomic E-state index is 0.0649. The van der Waals surface area contributed by atoms with Gasteiger partial charge in [0.15, 0.2) is 5.60 Å². The number of ether oxygens (including phenoxy) is 1. The summed E-state index contributed by atoms with van der Waals surface area (Å²) in [5.41, 5.74) is -0.290. The molecule has 0 spiro atoms. The number of amides is 1. The van der Waals surface area contributed by atoms with Crippen molar-refractivity contribution in [2.75, 3.05) is 39.3 Å². The van der Waals surface area contributed by atoms with Crippen LogP contribution in [0.1, 0.15) is 45.1 Å². The predicted molar refractivity (Wildman–Crippen MR) is 153 cm³/mol. The highest BCUT2D eigenvalue weighted by Crippen LogP contribution is 2.24. The number of aliphatic carboxylic acids is 3. The molecule has 2 aromatic rings. The molecule has 1 aromatic heterocycles. The number of benzene rings is 1. The molecule has 42 heavy (non-hydrogen) atoms. The number of carboxylic acids is 3. The number of hydrogen-bond acceptors (Lipinski definition) is 8. The van der Waals surface area contributed by atoms with Gasteiger partial charge in [0.25, 0.3) is 0 Å². The first-order valence-electron chi connectivity index (χ1n) is 14.2. The summed E-state index contributed by atoms with van der Waals surface area (Å²) in [7, 11) is 0. The lowest BCUT2D eigenvalue weighted by atomic mass is 9.96. The second kappa shape index (κ2) is 15.1. The molecule has 1 aromatic carbocycles. The molecule has 0 radical (unpaired) electrons. The first-order valence-corrected chi connectivity index (χ1v) is 14.2. The van der Waals surface area contributed by atoms with Gasteiger partial charge in [-0.2, -0.15) is 0 Å². The van der Waals surface area contributed by atoms with E-state index in [0.717, 1.165) is 51.4 Å². The quantitative estimate of drug-likeness (QED) is 0.240. The molecule has 2 aliphatic heterocycles. The number of carbonyl (C=O) groups excluding carboxylic acids is 1. The maximum absolute atomic E-state index is 12.3. The van der Waals surface area contributed by atoms with Gasteiger partial charge in [0.05, 0.1) is 18.9 Å². The van der Waals surface area contributed by atoms with Crippen molar-refractivity contribution in [3.05, 3.63) is 36.0 Å². The van der Waals surface area contributed by atoms with Crippen molar-refractivity contribution in [3.8, 4) is 0 Å². The van der Waals surface area contributed by atoms with Gasteiger partial charge in [-0.05, 0) is 38.3 Å². The number of carboxylic acid groups (broad SMARTS) is 3. The summed E-state index contributed by atoms with van der Waals surface area (Å²) >= 11 is 0. The van der Waals surface area contributed by atoms with Crippen molar-refractivity contribution < 1.29 is 44.3 Å². The van der Waals surface area contributed by atoms with Crippen LogP contribution < -0.4 is 5.32 Å². The first kappa shape index (κ1) is 33.0. The zero-order valence-electron chi connectivity index (χ0n) is 24.2. The summed E-state index contributed by atoms with van der Waals surface area (Å²) in [5.74, 6) is -4.95. The molecule has 0 aliphatic carbocycles. The van der Waals surface area contributed by atoms with Crippen LogP contribution in [-0.2, 0) is 37.0 Å². The molecule has 0 bridgehead atoms. The maximum Gasteiger partial charge on any atom is 0.336 e. The van der Waals surface area contributed by atoms with Crippen LogP contribution in [0.4, 0.5) is 0 Å². The van der Waals surface area contributed by atoms with Gasteiger partial charge in [0.2, 0.25) is 5.91 Å². The van der Waals surface area contributed by atoms with Gasteiger partial charge >= 0.3 is 17.9 Å². The smallest absolute Gasteiger partial charge is 0.336 e. The number of aromatic nitrogens is 1. The van der Waals surface area contributed by atoms with E-state index in [9.17, 15) is 19.2 Å². The Morgan fingerprint density at radius 3 is 2.17 bits per heavy atom. The molecular formula is C29H42N4O9. The highest BCUT2D eigenvalue weighted by molar-refractivity contribution is 5.88. The van der Waals surface area contributed by atoms with E-state index < -0.39 is 36.4 Å². The molecule has 4 rings (SSSR count). The second-order valence-electron chi connectivity index (χ2n) is 11.2. The molecule has 1 amide bonds. The van der Waals surface area contributed by atoms with Crippen LogP contribution in [-0.4, -0.2) is 116 Å². The Morgan fingerprint density at radius 2 is 1.62 bits per heavy atom. The molecule has 3 heterocycles. The van der Waals surface area contributed by atoms with E-state index in [1.165, 1.54) is 23.8 Å². The first-order chi connectivity index (χ1) is 19.9. The minimum Gasteiger partial charge on any atom is -0.481 e. The third-order valence-corrected chi connectivity index (χ3v) is 7.26. The number of aliphatic hydroxyl groups is 1. The van der Waals surface area contributed by atoms with Crippen molar-refractivity contribution in [2.45, 2.75) is 70.4 Å². The van der Waals surface area contributed by atoms with Crippen molar-refractivity contribution in [1.29, 1.82) is 0 Å². The number of para-hydroxylation sites is 1. The zero-order chi connectivity index (χ0) is 30.9. The average Bonchev–Trinajstić information content (AvgIpc) is 3.52. The number of rotatable bonds is 12. The number of nitrogens with zero attached hydrogens (tertiary/aromatic N) is 3. The molecule has 2 saturated heterocycles. The molecular weight excluding hydrogens is 548 g/mol. The lowest BCUT2D eigenvalue weighted by Gasteiger charge is -2.35. The Hall–Kier alpha value is -3.52. The van der Waals surface area contributed by atoms with Crippen molar-refractivity contribution >= 4 is 34.7 Å². The number of piperazine rings is 1. The highest BCUT2D eigenvalue weighted by atomic mass is 16.5. The minimum atomic E-state index is -2.74. The lowest BCUT2D eigenvalue weighted by molar-refractivity contribution is -0.170. The van der Waals surface area contributed by atoms with Gasteiger partial charge in [-0.3, -0.25) is 24.2 Å². The van der Waals surface area contributed by atoms with E-state index in [4.69, 9.17) is 25.2 Å². The zero-order valence-corrected chi connectivity index (χ0v) is 24.2. The van der Waals surface area contributed by atoms with Crippen molar-refractivity contribution in [2.24, 2.45) is 0 Å². The number of fused-ring (bicyclic) bond motifs is 1. The van der Waals surface area contributed by atoms with E-state index in [-0.39, 0.29) is 11.9 Å². The van der Waals surface area contributed by atoms with Gasteiger partial charge in [-0.25, -0.2) is 4.79 Å². The van der Waals surface area contributed by atoms with Crippen LogP contribution in [0.3, 0.4) is 0 Å². The Balaban J connectivity index is 0.000000316. The van der Waals surface area contributed by atoms with Crippen molar-refractivity contribution in [1.82, 2.24) is 19.7 Å². The number of nitrogens with one attached hydrogen (secondary N) is 1. The van der Waals surface area contributed by atoms with E-state index in [2.05, 4.69) is 44.1 Å². The van der Waals surface area contributed by atoms with Crippen LogP contribution in [0.2, 0.25) is 0 Å². The standard InChI is InChI=1S/C23H34N4O2.C6H8O7/c1-18(2)24-23(28)17-27-15-19(21-7-3-4-8-22(21)27)14-25-9-11-26(12-10-25)16-20-6-5-13-29-20;7-3(8)1-6(13,5(11)12)2-4(9)10/h3-4,7-8,15,18,20H,5-6,9-14,16-17H2,1-2H3,(H,24,28);13H,1-2H2,(H,7,8)(H,9,10)(H,11,12). The summed E-state index contributed by atoms with van der Waals surface area (Å²) < 4.78 is 7.89. The molecule has 2 aliphatic rings. The SMILES string of the molecule is CC(C)NC(=O)Cn1cc(CN2CCN(CC3CCCO3)CC2)c2ccccc21.O=C(O)CC(O)(CC(=O)O)C(=O)O. The van der Waals surface area contributed by atoms with E-state index in [1.807, 2.05) is 19.9 Å². The largest absolute Gasteiger partial charge is 0.481 e. The van der Waals surface area contributed by atoms with Crippen LogP contribution in [0.15, 0.2) is 30.5 Å². The lowest BCUT2D eigenvalue weighted by Crippen LogP contribution is -2.48. The molecule has 13 heteroatoms. The predicted octanol–water partition coefficient (Wildman–Crippen LogP) is 1.21. The van der Waals surface area contributed by atoms with E-state index >= 15 is 0 Å². The van der Waals surface area contributed by atoms with E-state index in [1.54, 1.807) is 0 Å². The Morgan fingerprint density at radius 1 is 1.00 bits per heavy atom. The van der Waals surface area contributed by atoms with Gasteiger partial charge in [0.1, 0.15) is 6.54 Å². The van der Waals surface area contributed by atoms with Gasteiger partial charge < -0.3 is 35.0 Å². The molecule has 5 N–H and O–H groups in total. The number of carbonyl (C=O) groups is 4. The number of hydrogen-bond donors (Lipinski definition) is 5. The van der Waals surface area contributed by atoms with Crippen LogP contribution in [0, 0.1) is 0 Å². The maximum atomic E-state index is 12.3. The van der Waals surface area contributed by atoms with E-state index in [0.29, 0.717) is 12.6 Å². The summed E-state index contributed by atoms with van der Waals surface area (Å²) in [5, 5.41) is 38.1. The fraction of sp³-hybridized carbons (Fsp3) is 0.586. The Bertz CT molecular complexity index is 1210. The monoisotopic (exact) mass is 590 g/mol. The van der Waals surface area contributed by atoms with Gasteiger partial charge in [-0.15, -0.1) is 0 Å². The van der Waals surface area contributed by atoms with Gasteiger partial charge in [-0.1, -0.05) is 18.2 Å². The fourth-order valence-electron chi connectivity index (χ4n) is 5.26. The fourth-order valence-corrected chi connectivity index (χ4v) is 5.26. The Labute approximate surface area is 244 Å². The summed E-state index contributed by atoms with van der Waals surface area (Å²) in [6, 6.07) is 8.59. The second-order valence-corrected chi connectivity index (χ2v) is 11.2. The molecule has 13 nitrogen and oxygen atoms in total. The van der Waals surface area contributed by atoms with Crippen LogP contribution in [0.25, 0.3) is 10.9 Å². The third kappa shape index (κ3) is 9.79. The normalized spacial score (nSPS) is 18.0. The summed E-state index contributed by atoms with van der Waals surface area (Å²) in [6.07, 6.45) is 2.75. The third-order valence-electron chi connectivity index (χ3n) is 7.26. The molecule has 232 valence electrons. The van der Waals surface area contributed by atoms with Gasteiger partial charge in [0, 0.05) is 69.0 Å².